The lowest BCUT2D eigenvalue weighted by atomic mass is 10.0. The molecule has 3 aromatic carbocycles. The molecule has 8 heteroatoms. The molecular formula is C25H16Br2N4O2. The Morgan fingerprint density at radius 2 is 1.76 bits per heavy atom. The number of hydrazone groups is 1. The van der Waals surface area contributed by atoms with Crippen molar-refractivity contribution in [1.29, 1.82) is 5.26 Å². The first-order chi connectivity index (χ1) is 16.1. The molecule has 1 heterocycles. The summed E-state index contributed by atoms with van der Waals surface area (Å²) in [6, 6.07) is 24.5. The van der Waals surface area contributed by atoms with Gasteiger partial charge < -0.3 is 4.74 Å². The first kappa shape index (κ1) is 22.6. The summed E-state index contributed by atoms with van der Waals surface area (Å²) in [4.78, 5) is 17.7. The van der Waals surface area contributed by atoms with Crippen molar-refractivity contribution in [2.75, 3.05) is 6.61 Å². The summed E-state index contributed by atoms with van der Waals surface area (Å²) >= 11 is 6.85. The minimum absolute atomic E-state index is 0.0639. The van der Waals surface area contributed by atoms with Crippen molar-refractivity contribution >= 4 is 54.9 Å². The Balaban J connectivity index is 1.60. The van der Waals surface area contributed by atoms with E-state index in [0.29, 0.717) is 26.0 Å². The Kier molecular flexibility index (Phi) is 7.13. The number of nitriles is 1. The molecule has 4 rings (SSSR count). The number of nitrogens with zero attached hydrogens (tertiary/aromatic N) is 3. The van der Waals surface area contributed by atoms with Gasteiger partial charge in [-0.3, -0.25) is 4.79 Å². The van der Waals surface area contributed by atoms with Crippen LogP contribution in [-0.2, 0) is 0 Å². The molecule has 0 aliphatic carbocycles. The normalized spacial score (nSPS) is 10.8. The standard InChI is InChI=1S/C25H16Br2N4O2/c26-20-12-16(13-21(27)24(20)33-11-10-28)15-29-31-25(32)19-14-23(17-6-2-1-3-7-17)30-22-9-5-4-8-18(19)22/h1-9,12-15H,11H2,(H,31,32)/b29-15+. The molecule has 162 valence electrons. The van der Waals surface area contributed by atoms with Crippen LogP contribution in [0.1, 0.15) is 15.9 Å². The number of carbonyl (C=O) groups is 1. The van der Waals surface area contributed by atoms with Crippen molar-refractivity contribution in [2.45, 2.75) is 0 Å². The number of pyridine rings is 1. The predicted molar refractivity (Wildman–Crippen MR) is 135 cm³/mol. The minimum atomic E-state index is -0.339. The number of amides is 1. The molecule has 0 saturated carbocycles. The number of nitrogens with one attached hydrogen (secondary N) is 1. The molecule has 0 aliphatic rings. The van der Waals surface area contributed by atoms with Gasteiger partial charge in [0.15, 0.2) is 6.61 Å². The number of para-hydroxylation sites is 1. The molecule has 0 saturated heterocycles. The fraction of sp³-hybridized carbons (Fsp3) is 0.0400. The summed E-state index contributed by atoms with van der Waals surface area (Å²) < 4.78 is 6.71. The average molecular weight is 564 g/mol. The maximum Gasteiger partial charge on any atom is 0.272 e. The molecular weight excluding hydrogens is 548 g/mol. The lowest BCUT2D eigenvalue weighted by molar-refractivity contribution is 0.0956. The zero-order chi connectivity index (χ0) is 23.2. The predicted octanol–water partition coefficient (Wildman–Crippen LogP) is 6.09. The Morgan fingerprint density at radius 3 is 2.48 bits per heavy atom. The van der Waals surface area contributed by atoms with Crippen molar-refractivity contribution in [3.63, 3.8) is 0 Å². The van der Waals surface area contributed by atoms with Crippen LogP contribution in [0.5, 0.6) is 5.75 Å². The van der Waals surface area contributed by atoms with Crippen molar-refractivity contribution < 1.29 is 9.53 Å². The Morgan fingerprint density at radius 1 is 1.06 bits per heavy atom. The molecule has 1 amide bonds. The number of carbonyl (C=O) groups excluding carboxylic acids is 1. The first-order valence-corrected chi connectivity index (χ1v) is 11.4. The Hall–Kier alpha value is -3.54. The molecule has 1 aromatic heterocycles. The second-order valence-electron chi connectivity index (χ2n) is 6.90. The number of hydrogen-bond acceptors (Lipinski definition) is 5. The number of fused-ring (bicyclic) bond motifs is 1. The lowest BCUT2D eigenvalue weighted by Crippen LogP contribution is -2.18. The van der Waals surface area contributed by atoms with Crippen molar-refractivity contribution in [3.05, 3.63) is 92.9 Å². The second-order valence-corrected chi connectivity index (χ2v) is 8.61. The third-order valence-corrected chi connectivity index (χ3v) is 5.89. The first-order valence-electron chi connectivity index (χ1n) is 9.84. The van der Waals surface area contributed by atoms with E-state index < -0.39 is 0 Å². The van der Waals surface area contributed by atoms with Gasteiger partial charge in [0, 0.05) is 10.9 Å². The molecule has 0 spiro atoms. The SMILES string of the molecule is N#CCOc1c(Br)cc(/C=N/NC(=O)c2cc(-c3ccccc3)nc3ccccc23)cc1Br. The number of hydrogen-bond donors (Lipinski definition) is 1. The van der Waals surface area contributed by atoms with Crippen LogP contribution in [-0.4, -0.2) is 23.7 Å². The molecule has 0 atom stereocenters. The van der Waals surface area contributed by atoms with Gasteiger partial charge in [-0.25, -0.2) is 10.4 Å². The molecule has 1 N–H and O–H groups in total. The van der Waals surface area contributed by atoms with Crippen LogP contribution >= 0.6 is 31.9 Å². The van der Waals surface area contributed by atoms with E-state index in [-0.39, 0.29) is 12.5 Å². The summed E-state index contributed by atoms with van der Waals surface area (Å²) in [6.07, 6.45) is 1.53. The number of halogens is 2. The van der Waals surface area contributed by atoms with E-state index in [2.05, 4.69) is 42.4 Å². The number of ether oxygens (including phenoxy) is 1. The van der Waals surface area contributed by atoms with Crippen LogP contribution < -0.4 is 10.2 Å². The molecule has 0 radical (unpaired) electrons. The number of benzene rings is 3. The van der Waals surface area contributed by atoms with Gasteiger partial charge in [-0.2, -0.15) is 10.4 Å². The van der Waals surface area contributed by atoms with Gasteiger partial charge in [0.05, 0.1) is 31.9 Å². The van der Waals surface area contributed by atoms with Gasteiger partial charge in [-0.1, -0.05) is 48.5 Å². The van der Waals surface area contributed by atoms with Gasteiger partial charge in [-0.15, -0.1) is 0 Å². The van der Waals surface area contributed by atoms with E-state index in [4.69, 9.17) is 15.0 Å². The summed E-state index contributed by atoms with van der Waals surface area (Å²) in [5, 5.41) is 13.6. The molecule has 0 fully saturated rings. The summed E-state index contributed by atoms with van der Waals surface area (Å²) in [6.45, 7) is -0.0639. The smallest absolute Gasteiger partial charge is 0.272 e. The van der Waals surface area contributed by atoms with E-state index in [1.807, 2.05) is 60.7 Å². The fourth-order valence-corrected chi connectivity index (χ4v) is 4.69. The van der Waals surface area contributed by atoms with E-state index in [0.717, 1.165) is 22.0 Å². The molecule has 0 bridgehead atoms. The minimum Gasteiger partial charge on any atom is -0.476 e. The van der Waals surface area contributed by atoms with Crippen LogP contribution in [0.15, 0.2) is 86.8 Å². The second kappa shape index (κ2) is 10.4. The third kappa shape index (κ3) is 5.28. The van der Waals surface area contributed by atoms with E-state index in [1.54, 1.807) is 18.2 Å². The average Bonchev–Trinajstić information content (AvgIpc) is 2.83. The van der Waals surface area contributed by atoms with Gasteiger partial charge in [0.2, 0.25) is 0 Å². The van der Waals surface area contributed by atoms with E-state index in [9.17, 15) is 4.79 Å². The van der Waals surface area contributed by atoms with Gasteiger partial charge in [0.25, 0.3) is 5.91 Å². The van der Waals surface area contributed by atoms with E-state index in [1.165, 1.54) is 6.21 Å². The van der Waals surface area contributed by atoms with Crippen LogP contribution in [0.4, 0.5) is 0 Å². The highest BCUT2D eigenvalue weighted by molar-refractivity contribution is 9.11. The maximum absolute atomic E-state index is 13.0. The molecule has 0 unspecified atom stereocenters. The summed E-state index contributed by atoms with van der Waals surface area (Å²) in [5.74, 6) is 0.184. The molecule has 6 nitrogen and oxygen atoms in total. The Bertz CT molecular complexity index is 1380. The van der Waals surface area contributed by atoms with Crippen molar-refractivity contribution in [2.24, 2.45) is 5.10 Å². The number of rotatable bonds is 6. The topological polar surface area (TPSA) is 87.4 Å². The van der Waals surface area contributed by atoms with Gasteiger partial charge >= 0.3 is 0 Å². The van der Waals surface area contributed by atoms with Crippen molar-refractivity contribution in [1.82, 2.24) is 10.4 Å². The van der Waals surface area contributed by atoms with Crippen LogP contribution in [0, 0.1) is 11.3 Å². The van der Waals surface area contributed by atoms with Gasteiger partial charge in [0.1, 0.15) is 11.8 Å². The largest absolute Gasteiger partial charge is 0.476 e. The monoisotopic (exact) mass is 562 g/mol. The zero-order valence-corrected chi connectivity index (χ0v) is 20.3. The third-order valence-electron chi connectivity index (χ3n) is 4.71. The maximum atomic E-state index is 13.0. The zero-order valence-electron chi connectivity index (χ0n) is 17.1. The molecule has 0 aliphatic heterocycles. The highest BCUT2D eigenvalue weighted by atomic mass is 79.9. The quantitative estimate of drug-likeness (QED) is 0.227. The molecule has 4 aromatic rings. The fourth-order valence-electron chi connectivity index (χ4n) is 3.24. The van der Waals surface area contributed by atoms with Crippen LogP contribution in [0.25, 0.3) is 22.2 Å². The summed E-state index contributed by atoms with van der Waals surface area (Å²) in [5.41, 5.74) is 6.18. The summed E-state index contributed by atoms with van der Waals surface area (Å²) in [7, 11) is 0. The lowest BCUT2D eigenvalue weighted by Gasteiger charge is -2.09. The highest BCUT2D eigenvalue weighted by Gasteiger charge is 2.14. The van der Waals surface area contributed by atoms with Gasteiger partial charge in [-0.05, 0) is 61.7 Å². The van der Waals surface area contributed by atoms with Crippen LogP contribution in [0.3, 0.4) is 0 Å². The Labute approximate surface area is 207 Å². The van der Waals surface area contributed by atoms with Crippen molar-refractivity contribution in [3.8, 4) is 23.1 Å². The number of aromatic nitrogens is 1. The highest BCUT2D eigenvalue weighted by Crippen LogP contribution is 2.34. The molecule has 33 heavy (non-hydrogen) atoms. The van der Waals surface area contributed by atoms with E-state index >= 15 is 0 Å². The van der Waals surface area contributed by atoms with Crippen LogP contribution in [0.2, 0.25) is 0 Å².